The zero-order valence-electron chi connectivity index (χ0n) is 12.6. The van der Waals surface area contributed by atoms with E-state index in [1.807, 2.05) is 6.92 Å². The number of guanidine groups is 1. The lowest BCUT2D eigenvalue weighted by Crippen LogP contribution is -2.46. The van der Waals surface area contributed by atoms with Gasteiger partial charge in [0.2, 0.25) is 0 Å². The molecule has 1 aromatic rings. The summed E-state index contributed by atoms with van der Waals surface area (Å²) in [5, 5.41) is 3.15. The van der Waals surface area contributed by atoms with Crippen molar-refractivity contribution in [1.82, 2.24) is 5.32 Å². The van der Waals surface area contributed by atoms with Crippen LogP contribution in [0.2, 0.25) is 0 Å². The summed E-state index contributed by atoms with van der Waals surface area (Å²) in [6.45, 7) is 4.95. The summed E-state index contributed by atoms with van der Waals surface area (Å²) in [4.78, 5) is 4.55. The van der Waals surface area contributed by atoms with Gasteiger partial charge >= 0.3 is 0 Å². The van der Waals surface area contributed by atoms with Crippen LogP contribution in [-0.4, -0.2) is 31.8 Å². The molecule has 1 aliphatic rings. The largest absolute Gasteiger partial charge is 0.383 e. The van der Waals surface area contributed by atoms with Crippen LogP contribution < -0.4 is 11.1 Å². The predicted octanol–water partition coefficient (Wildman–Crippen LogP) is 2.05. The Kier molecular flexibility index (Phi) is 4.65. The van der Waals surface area contributed by atoms with Gasteiger partial charge in [0.15, 0.2) is 5.96 Å². The minimum Gasteiger partial charge on any atom is -0.383 e. The van der Waals surface area contributed by atoms with E-state index < -0.39 is 0 Å². The maximum atomic E-state index is 5.93. The number of rotatable bonds is 5. The highest BCUT2D eigenvalue weighted by molar-refractivity contribution is 5.78. The third-order valence-electron chi connectivity index (χ3n) is 3.98. The first-order chi connectivity index (χ1) is 9.53. The third-order valence-corrected chi connectivity index (χ3v) is 3.98. The summed E-state index contributed by atoms with van der Waals surface area (Å²) >= 11 is 0. The van der Waals surface area contributed by atoms with Crippen molar-refractivity contribution in [1.29, 1.82) is 0 Å². The Balaban J connectivity index is 1.87. The van der Waals surface area contributed by atoms with E-state index in [2.05, 4.69) is 47.6 Å². The van der Waals surface area contributed by atoms with Gasteiger partial charge in [0, 0.05) is 13.2 Å². The molecular formula is C16H25N3O. The average molecular weight is 275 g/mol. The molecule has 1 aromatic carbocycles. The Bertz CT molecular complexity index is 452. The van der Waals surface area contributed by atoms with Gasteiger partial charge in [-0.05, 0) is 30.7 Å². The third kappa shape index (κ3) is 3.51. The Hall–Kier alpha value is -1.55. The molecule has 1 atom stereocenters. The highest BCUT2D eigenvalue weighted by Crippen LogP contribution is 2.44. The quantitative estimate of drug-likeness (QED) is 0.638. The zero-order chi connectivity index (χ0) is 14.6. The highest BCUT2D eigenvalue weighted by atomic mass is 16.5. The summed E-state index contributed by atoms with van der Waals surface area (Å²) < 4.78 is 5.07. The molecule has 0 bridgehead atoms. The number of nitrogens with zero attached hydrogens (tertiary/aromatic N) is 1. The summed E-state index contributed by atoms with van der Waals surface area (Å²) in [5.74, 6) is 0.523. The highest BCUT2D eigenvalue weighted by Gasteiger charge is 2.41. The first-order valence-electron chi connectivity index (χ1n) is 7.18. The number of nitrogens with two attached hydrogens (primary N) is 1. The fourth-order valence-electron chi connectivity index (χ4n) is 2.93. The van der Waals surface area contributed by atoms with Crippen LogP contribution in [0, 0.1) is 0 Å². The van der Waals surface area contributed by atoms with Gasteiger partial charge in [-0.15, -0.1) is 0 Å². The van der Waals surface area contributed by atoms with Gasteiger partial charge < -0.3 is 15.8 Å². The summed E-state index contributed by atoms with van der Waals surface area (Å²) in [6.07, 6.45) is 2.11. The van der Waals surface area contributed by atoms with E-state index in [9.17, 15) is 0 Å². The molecule has 0 aliphatic heterocycles. The first-order valence-corrected chi connectivity index (χ1v) is 7.18. The molecule has 0 spiro atoms. The van der Waals surface area contributed by atoms with E-state index in [1.54, 1.807) is 7.11 Å². The lowest BCUT2D eigenvalue weighted by Gasteiger charge is -2.44. The number of aliphatic imine (C=N–C) groups is 1. The van der Waals surface area contributed by atoms with Gasteiger partial charge in [-0.25, -0.2) is 0 Å². The fraction of sp³-hybridized carbons (Fsp3) is 0.562. The lowest BCUT2D eigenvalue weighted by atomic mass is 9.63. The van der Waals surface area contributed by atoms with Gasteiger partial charge in [-0.3, -0.25) is 4.99 Å². The van der Waals surface area contributed by atoms with Gasteiger partial charge in [-0.1, -0.05) is 37.3 Å². The lowest BCUT2D eigenvalue weighted by molar-refractivity contribution is 0.178. The second-order valence-corrected chi connectivity index (χ2v) is 6.00. The number of methoxy groups -OCH3 is 1. The SMILES string of the molecule is COCC(C)NC(N)=NC1CC(C)(c2ccccc2)C1. The van der Waals surface area contributed by atoms with Crippen molar-refractivity contribution in [3.05, 3.63) is 35.9 Å². The Morgan fingerprint density at radius 1 is 1.45 bits per heavy atom. The Labute approximate surface area is 121 Å². The zero-order valence-corrected chi connectivity index (χ0v) is 12.6. The molecular weight excluding hydrogens is 250 g/mol. The molecule has 4 heteroatoms. The smallest absolute Gasteiger partial charge is 0.189 e. The molecule has 4 nitrogen and oxygen atoms in total. The van der Waals surface area contributed by atoms with Crippen molar-refractivity contribution in [2.75, 3.05) is 13.7 Å². The van der Waals surface area contributed by atoms with Crippen LogP contribution in [0.3, 0.4) is 0 Å². The first kappa shape index (κ1) is 14.9. The molecule has 2 rings (SSSR count). The van der Waals surface area contributed by atoms with E-state index in [-0.39, 0.29) is 11.5 Å². The standard InChI is InChI=1S/C16H25N3O/c1-12(11-20-3)18-15(17)19-14-9-16(2,10-14)13-7-5-4-6-8-13/h4-8,12,14H,9-11H2,1-3H3,(H3,17,18,19). The Morgan fingerprint density at radius 3 is 2.70 bits per heavy atom. The topological polar surface area (TPSA) is 59.6 Å². The number of nitrogens with one attached hydrogen (secondary N) is 1. The minimum atomic E-state index is 0.185. The van der Waals surface area contributed by atoms with E-state index >= 15 is 0 Å². The normalized spacial score (nSPS) is 27.8. The summed E-state index contributed by atoms with van der Waals surface area (Å²) in [6, 6.07) is 11.1. The molecule has 1 unspecified atom stereocenters. The van der Waals surface area contributed by atoms with Gasteiger partial charge in [0.25, 0.3) is 0 Å². The van der Waals surface area contributed by atoms with Crippen LogP contribution in [0.15, 0.2) is 35.3 Å². The molecule has 0 heterocycles. The predicted molar refractivity (Wildman–Crippen MR) is 82.9 cm³/mol. The minimum absolute atomic E-state index is 0.185. The molecule has 20 heavy (non-hydrogen) atoms. The van der Waals surface area contributed by atoms with Gasteiger partial charge in [0.1, 0.15) is 0 Å². The second kappa shape index (κ2) is 6.27. The van der Waals surface area contributed by atoms with Crippen LogP contribution >= 0.6 is 0 Å². The van der Waals surface area contributed by atoms with Crippen LogP contribution in [0.5, 0.6) is 0 Å². The van der Waals surface area contributed by atoms with Crippen molar-refractivity contribution >= 4 is 5.96 Å². The van der Waals surface area contributed by atoms with Crippen molar-refractivity contribution in [2.45, 2.75) is 44.2 Å². The molecule has 3 N–H and O–H groups in total. The van der Waals surface area contributed by atoms with E-state index in [0.717, 1.165) is 12.8 Å². The molecule has 1 saturated carbocycles. The number of ether oxygens (including phenoxy) is 1. The summed E-state index contributed by atoms with van der Waals surface area (Å²) in [7, 11) is 1.68. The van der Waals surface area contributed by atoms with E-state index in [1.165, 1.54) is 5.56 Å². The Morgan fingerprint density at radius 2 is 2.10 bits per heavy atom. The van der Waals surface area contributed by atoms with Crippen LogP contribution in [0.1, 0.15) is 32.3 Å². The molecule has 1 aliphatic carbocycles. The fourth-order valence-corrected chi connectivity index (χ4v) is 2.93. The second-order valence-electron chi connectivity index (χ2n) is 6.00. The summed E-state index contributed by atoms with van der Waals surface area (Å²) in [5.41, 5.74) is 7.56. The van der Waals surface area contributed by atoms with E-state index in [0.29, 0.717) is 18.6 Å². The molecule has 1 fully saturated rings. The monoisotopic (exact) mass is 275 g/mol. The van der Waals surface area contributed by atoms with Gasteiger partial charge in [0.05, 0.1) is 12.6 Å². The molecule has 0 aromatic heterocycles. The molecule has 0 amide bonds. The van der Waals surface area contributed by atoms with Gasteiger partial charge in [-0.2, -0.15) is 0 Å². The molecule has 110 valence electrons. The maximum Gasteiger partial charge on any atom is 0.189 e. The van der Waals surface area contributed by atoms with Crippen LogP contribution in [0.25, 0.3) is 0 Å². The van der Waals surface area contributed by atoms with Crippen LogP contribution in [0.4, 0.5) is 0 Å². The van der Waals surface area contributed by atoms with E-state index in [4.69, 9.17) is 10.5 Å². The average Bonchev–Trinajstić information content (AvgIpc) is 2.37. The number of hydrogen-bond donors (Lipinski definition) is 2. The number of benzene rings is 1. The van der Waals surface area contributed by atoms with Crippen molar-refractivity contribution in [3.63, 3.8) is 0 Å². The molecule has 0 radical (unpaired) electrons. The van der Waals surface area contributed by atoms with Crippen molar-refractivity contribution < 1.29 is 4.74 Å². The van der Waals surface area contributed by atoms with Crippen molar-refractivity contribution in [2.24, 2.45) is 10.7 Å². The van der Waals surface area contributed by atoms with Crippen LogP contribution in [-0.2, 0) is 10.2 Å². The van der Waals surface area contributed by atoms with Crippen molar-refractivity contribution in [3.8, 4) is 0 Å². The number of hydrogen-bond acceptors (Lipinski definition) is 2. The molecule has 0 saturated heterocycles. The maximum absolute atomic E-state index is 5.93.